The van der Waals surface area contributed by atoms with Crippen LogP contribution in [0.1, 0.15) is 45.4 Å². The summed E-state index contributed by atoms with van der Waals surface area (Å²) in [6, 6.07) is 0. The Labute approximate surface area is 299 Å². The van der Waals surface area contributed by atoms with Crippen molar-refractivity contribution < 1.29 is 120 Å². The highest BCUT2D eigenvalue weighted by atomic mass is 35.5. The Morgan fingerprint density at radius 3 is 1.13 bits per heavy atom. The van der Waals surface area contributed by atoms with Crippen molar-refractivity contribution in [3.63, 3.8) is 0 Å². The molecule has 0 unspecified atom stereocenters. The Kier molecular flexibility index (Phi) is 16.8. The van der Waals surface area contributed by atoms with Crippen molar-refractivity contribution in [3.05, 3.63) is 12.2 Å². The molecule has 320 valence electrons. The maximum Gasteiger partial charge on any atom is 0.460 e. The Morgan fingerprint density at radius 2 is 0.833 bits per heavy atom. The molecule has 1 saturated carbocycles. The topological polar surface area (TPSA) is 51.2 Å². The van der Waals surface area contributed by atoms with Crippen LogP contribution in [0.2, 0.25) is 0 Å². The van der Waals surface area contributed by atoms with Crippen molar-refractivity contribution in [2.75, 3.05) is 0 Å². The van der Waals surface area contributed by atoms with E-state index < -0.39 is 81.6 Å². The van der Waals surface area contributed by atoms with Gasteiger partial charge in [0.05, 0.1) is 0 Å². The molecule has 0 saturated heterocycles. The second kappa shape index (κ2) is 16.8. The molecule has 0 heterocycles. The maximum atomic E-state index is 13.3. The SMILES string of the molecule is CCCCCC=CCCC(=O)Cl.O=C(Cl)C(F)(F)C(F)(F)C(F)(F)C(F)(F)C(F)(F)C(F)(F)F.O=C(Cl)C1(F)C(F)(F)C(F)(F)C(F)(F)C(F)(F)C1(F)F. The van der Waals surface area contributed by atoms with Gasteiger partial charge in [-0.1, -0.05) is 31.9 Å². The molecule has 0 aliphatic heterocycles. The lowest BCUT2D eigenvalue weighted by Gasteiger charge is -2.50. The normalized spacial score (nSPS) is 20.6. The van der Waals surface area contributed by atoms with Crippen LogP contribution in [0.4, 0.5) is 105 Å². The van der Waals surface area contributed by atoms with E-state index in [1.807, 2.05) is 6.08 Å². The number of allylic oxidation sites excluding steroid dienone is 2. The number of carbonyl (C=O) groups is 3. The van der Waals surface area contributed by atoms with Gasteiger partial charge in [0.1, 0.15) is 0 Å². The summed E-state index contributed by atoms with van der Waals surface area (Å²) in [6.45, 7) is 2.19. The Hall–Kier alpha value is -2.06. The van der Waals surface area contributed by atoms with Gasteiger partial charge in [-0.3, -0.25) is 14.4 Å². The third kappa shape index (κ3) is 8.60. The first-order valence-electron chi connectivity index (χ1n) is 13.2. The molecule has 0 aromatic rings. The Bertz CT molecular complexity index is 1330. The van der Waals surface area contributed by atoms with Gasteiger partial charge in [-0.25, -0.2) is 4.39 Å². The number of carbonyl (C=O) groups excluding carboxylic acids is 3. The van der Waals surface area contributed by atoms with Gasteiger partial charge in [0.15, 0.2) is 0 Å². The summed E-state index contributed by atoms with van der Waals surface area (Å²) in [5.41, 5.74) is -6.73. The van der Waals surface area contributed by atoms with Gasteiger partial charge in [0, 0.05) is 6.42 Å². The van der Waals surface area contributed by atoms with E-state index in [0.29, 0.717) is 6.42 Å². The van der Waals surface area contributed by atoms with E-state index in [0.717, 1.165) is 12.8 Å². The fraction of sp³-hybridized carbons (Fsp3) is 0.792. The highest BCUT2D eigenvalue weighted by Gasteiger charge is 3.02. The largest absolute Gasteiger partial charge is 0.460 e. The van der Waals surface area contributed by atoms with Gasteiger partial charge >= 0.3 is 71.1 Å². The van der Waals surface area contributed by atoms with Gasteiger partial charge in [0.25, 0.3) is 10.5 Å². The second-order valence-corrected chi connectivity index (χ2v) is 11.4. The zero-order chi connectivity index (χ0) is 44.4. The van der Waals surface area contributed by atoms with Crippen LogP contribution >= 0.6 is 34.8 Å². The minimum Gasteiger partial charge on any atom is -0.281 e. The van der Waals surface area contributed by atoms with Crippen LogP contribution in [0.3, 0.4) is 0 Å². The molecule has 54 heavy (non-hydrogen) atoms. The Morgan fingerprint density at radius 1 is 0.500 bits per heavy atom. The molecule has 1 aliphatic rings. The van der Waals surface area contributed by atoms with Crippen LogP contribution in [-0.2, 0) is 14.4 Å². The highest BCUT2D eigenvalue weighted by Crippen LogP contribution is 2.70. The highest BCUT2D eigenvalue weighted by molar-refractivity contribution is 6.66. The average Bonchev–Trinajstić information content (AvgIpc) is 2.98. The molecule has 1 fully saturated rings. The monoisotopic (exact) mass is 914 g/mol. The smallest absolute Gasteiger partial charge is 0.281 e. The summed E-state index contributed by atoms with van der Waals surface area (Å²) in [5.74, 6) is -74.7. The van der Waals surface area contributed by atoms with E-state index in [1.54, 1.807) is 0 Å². The van der Waals surface area contributed by atoms with Crippen molar-refractivity contribution in [3.8, 4) is 0 Å². The maximum absolute atomic E-state index is 13.3. The van der Waals surface area contributed by atoms with E-state index in [4.69, 9.17) is 11.6 Å². The predicted molar refractivity (Wildman–Crippen MR) is 134 cm³/mol. The molecule has 0 amide bonds. The van der Waals surface area contributed by atoms with E-state index >= 15 is 0 Å². The minimum atomic E-state index is -8.03. The van der Waals surface area contributed by atoms with Crippen molar-refractivity contribution >= 4 is 50.5 Å². The quantitative estimate of drug-likeness (QED) is 0.0801. The summed E-state index contributed by atoms with van der Waals surface area (Å²) in [5, 5.41) is -7.58. The number of alkyl halides is 24. The number of rotatable bonds is 13. The third-order valence-electron chi connectivity index (χ3n) is 6.54. The first-order valence-corrected chi connectivity index (χ1v) is 14.3. The average molecular weight is 916 g/mol. The van der Waals surface area contributed by atoms with Gasteiger partial charge in [-0.15, -0.1) is 0 Å². The summed E-state index contributed by atoms with van der Waals surface area (Å²) in [6.07, 6.45) is 2.86. The van der Waals surface area contributed by atoms with Crippen molar-refractivity contribution in [1.29, 1.82) is 0 Å². The van der Waals surface area contributed by atoms with Crippen LogP contribution in [0.25, 0.3) is 0 Å². The standard InChI is InChI=1S/C10H17ClO.C7ClF13O.C7ClF11O/c1-2-3-4-5-6-7-8-9-10(11)12;8-1(22)2(9,10)3(11,12)4(13,14)5(15,16)6(17,18)7(19,20)21;8-1(20)2(9)3(10,11)5(14,15)7(18,19)6(16,17)4(2,12)13/h6-7H,2-5,8-9H2,1H3;;. The van der Waals surface area contributed by atoms with Crippen molar-refractivity contribution in [1.82, 2.24) is 0 Å². The molecule has 1 aliphatic carbocycles. The lowest BCUT2D eigenvalue weighted by atomic mass is 9.73. The number of hydrogen-bond donors (Lipinski definition) is 0. The molecule has 3 nitrogen and oxygen atoms in total. The summed E-state index contributed by atoms with van der Waals surface area (Å²) in [7, 11) is 0. The molecule has 1 rings (SSSR count). The van der Waals surface area contributed by atoms with E-state index in [9.17, 15) is 120 Å². The summed E-state index contributed by atoms with van der Waals surface area (Å²) in [4.78, 5) is 30.4. The zero-order valence-corrected chi connectivity index (χ0v) is 27.6. The fourth-order valence-electron chi connectivity index (χ4n) is 3.31. The van der Waals surface area contributed by atoms with Crippen LogP contribution in [0, 0.1) is 0 Å². The number of hydrogen-bond acceptors (Lipinski definition) is 3. The van der Waals surface area contributed by atoms with E-state index in [1.165, 1.54) is 19.3 Å². The van der Waals surface area contributed by atoms with Gasteiger partial charge in [0.2, 0.25) is 5.24 Å². The second-order valence-electron chi connectivity index (χ2n) is 10.3. The Balaban J connectivity index is 0. The zero-order valence-electron chi connectivity index (χ0n) is 25.3. The molecule has 30 heteroatoms. The first-order chi connectivity index (χ1) is 23.4. The predicted octanol–water partition coefficient (Wildman–Crippen LogP) is 11.8. The van der Waals surface area contributed by atoms with Gasteiger partial charge in [-0.2, -0.15) is 101 Å². The molecule has 0 aromatic carbocycles. The lowest BCUT2D eigenvalue weighted by molar-refractivity contribution is -0.475. The van der Waals surface area contributed by atoms with Crippen LogP contribution < -0.4 is 0 Å². The van der Waals surface area contributed by atoms with Crippen LogP contribution in [0.5, 0.6) is 0 Å². The first kappa shape index (κ1) is 54.0. The van der Waals surface area contributed by atoms with Crippen LogP contribution in [0.15, 0.2) is 12.2 Å². The van der Waals surface area contributed by atoms with Gasteiger partial charge in [-0.05, 0) is 54.1 Å². The van der Waals surface area contributed by atoms with Crippen LogP contribution in [-0.4, -0.2) is 86.8 Å². The van der Waals surface area contributed by atoms with Crippen molar-refractivity contribution in [2.24, 2.45) is 0 Å². The minimum absolute atomic E-state index is 0.242. The summed E-state index contributed by atoms with van der Waals surface area (Å²) >= 11 is 12.9. The lowest BCUT2D eigenvalue weighted by Crippen LogP contribution is -2.85. The molecule has 0 atom stereocenters. The fourth-order valence-corrected chi connectivity index (χ4v) is 3.77. The number of unbranched alkanes of at least 4 members (excludes halogenated alkanes) is 3. The van der Waals surface area contributed by atoms with E-state index in [2.05, 4.69) is 36.2 Å². The molecular formula is C24H17Cl3F24O3. The molecule has 0 spiro atoms. The molecule has 0 aromatic heterocycles. The summed E-state index contributed by atoms with van der Waals surface area (Å²) < 4.78 is 301. The van der Waals surface area contributed by atoms with E-state index in [-0.39, 0.29) is 5.24 Å². The molecule has 0 radical (unpaired) electrons. The third-order valence-corrected chi connectivity index (χ3v) is 7.23. The molecule has 0 N–H and O–H groups in total. The molecular weight excluding hydrogens is 899 g/mol. The van der Waals surface area contributed by atoms with Gasteiger partial charge < -0.3 is 0 Å². The number of halogens is 27. The molecule has 0 bridgehead atoms. The van der Waals surface area contributed by atoms with Crippen molar-refractivity contribution in [2.45, 2.75) is 117 Å².